The summed E-state index contributed by atoms with van der Waals surface area (Å²) in [4.78, 5) is 12.8. The van der Waals surface area contributed by atoms with Crippen molar-refractivity contribution in [2.75, 3.05) is 31.6 Å². The third-order valence-electron chi connectivity index (χ3n) is 5.05. The van der Waals surface area contributed by atoms with Crippen LogP contribution in [0.1, 0.15) is 5.56 Å². The Bertz CT molecular complexity index is 1190. The Morgan fingerprint density at radius 2 is 1.77 bits per heavy atom. The quantitative estimate of drug-likeness (QED) is 0.651. The van der Waals surface area contributed by atoms with Crippen molar-refractivity contribution < 1.29 is 17.9 Å². The largest absolute Gasteiger partial charge is 0.379 e. The van der Waals surface area contributed by atoms with Crippen LogP contribution in [0.5, 0.6) is 0 Å². The first-order valence-corrected chi connectivity index (χ1v) is 11.4. The van der Waals surface area contributed by atoms with Gasteiger partial charge in [-0.15, -0.1) is 0 Å². The zero-order valence-electron chi connectivity index (χ0n) is 16.2. The van der Waals surface area contributed by atoms with Crippen LogP contribution in [-0.2, 0) is 26.0 Å². The summed E-state index contributed by atoms with van der Waals surface area (Å²) >= 11 is 6.23. The van der Waals surface area contributed by atoms with Crippen LogP contribution in [0.15, 0.2) is 65.6 Å². The topological polar surface area (TPSA) is 75.7 Å². The van der Waals surface area contributed by atoms with Gasteiger partial charge >= 0.3 is 0 Å². The van der Waals surface area contributed by atoms with E-state index in [0.717, 1.165) is 16.3 Å². The van der Waals surface area contributed by atoms with Gasteiger partial charge in [-0.1, -0.05) is 54.1 Å². The molecule has 0 bridgehead atoms. The number of anilines is 1. The minimum Gasteiger partial charge on any atom is -0.379 e. The molecule has 156 valence electrons. The number of benzene rings is 3. The molecule has 3 aromatic rings. The van der Waals surface area contributed by atoms with Gasteiger partial charge in [0.25, 0.3) is 0 Å². The number of carbonyl (C=O) groups excluding carboxylic acids is 1. The van der Waals surface area contributed by atoms with Crippen molar-refractivity contribution in [3.05, 3.63) is 71.2 Å². The van der Waals surface area contributed by atoms with Gasteiger partial charge in [0.1, 0.15) is 0 Å². The molecule has 0 atom stereocenters. The molecule has 0 unspecified atom stereocenters. The number of ether oxygens (including phenoxy) is 1. The van der Waals surface area contributed by atoms with Crippen molar-refractivity contribution in [2.45, 2.75) is 11.3 Å². The van der Waals surface area contributed by atoms with Crippen LogP contribution in [0, 0.1) is 0 Å². The van der Waals surface area contributed by atoms with Gasteiger partial charge in [0.2, 0.25) is 15.9 Å². The molecule has 1 aliphatic heterocycles. The van der Waals surface area contributed by atoms with E-state index in [1.54, 1.807) is 0 Å². The van der Waals surface area contributed by atoms with E-state index in [9.17, 15) is 13.2 Å². The lowest BCUT2D eigenvalue weighted by Crippen LogP contribution is -2.40. The van der Waals surface area contributed by atoms with Crippen molar-refractivity contribution in [3.8, 4) is 0 Å². The highest BCUT2D eigenvalue weighted by Crippen LogP contribution is 2.28. The smallest absolute Gasteiger partial charge is 0.243 e. The minimum atomic E-state index is -3.68. The van der Waals surface area contributed by atoms with Crippen LogP contribution >= 0.6 is 11.6 Å². The van der Waals surface area contributed by atoms with Gasteiger partial charge in [0.05, 0.1) is 35.2 Å². The molecule has 0 saturated carbocycles. The Balaban J connectivity index is 1.55. The summed E-state index contributed by atoms with van der Waals surface area (Å²) in [5.74, 6) is -0.269. The number of nitrogens with zero attached hydrogens (tertiary/aromatic N) is 1. The van der Waals surface area contributed by atoms with Gasteiger partial charge < -0.3 is 10.1 Å². The second-order valence-electron chi connectivity index (χ2n) is 7.02. The second kappa shape index (κ2) is 8.73. The molecular formula is C22H21ClN2O4S. The van der Waals surface area contributed by atoms with E-state index in [0.29, 0.717) is 26.3 Å². The molecule has 1 saturated heterocycles. The zero-order chi connectivity index (χ0) is 21.1. The molecule has 0 aromatic heterocycles. The molecular weight excluding hydrogens is 424 g/mol. The first kappa shape index (κ1) is 20.8. The zero-order valence-corrected chi connectivity index (χ0v) is 17.7. The summed E-state index contributed by atoms with van der Waals surface area (Å²) in [6.45, 7) is 1.32. The Labute approximate surface area is 180 Å². The highest BCUT2D eigenvalue weighted by atomic mass is 35.5. The fraction of sp³-hybridized carbons (Fsp3) is 0.227. The fourth-order valence-electron chi connectivity index (χ4n) is 3.51. The van der Waals surface area contributed by atoms with Gasteiger partial charge in [-0.25, -0.2) is 8.42 Å². The maximum absolute atomic E-state index is 12.9. The third-order valence-corrected chi connectivity index (χ3v) is 7.27. The lowest BCUT2D eigenvalue weighted by atomic mass is 10.0. The number of hydrogen-bond acceptors (Lipinski definition) is 4. The lowest BCUT2D eigenvalue weighted by Gasteiger charge is -2.26. The summed E-state index contributed by atoms with van der Waals surface area (Å²) in [6, 6.07) is 18.0. The average Bonchev–Trinajstić information content (AvgIpc) is 2.76. The number of carbonyl (C=O) groups is 1. The summed E-state index contributed by atoms with van der Waals surface area (Å²) in [5, 5.41) is 5.10. The molecule has 1 heterocycles. The average molecular weight is 445 g/mol. The highest BCUT2D eigenvalue weighted by Gasteiger charge is 2.27. The minimum absolute atomic E-state index is 0.0919. The van der Waals surface area contributed by atoms with Crippen molar-refractivity contribution >= 4 is 44.0 Å². The monoisotopic (exact) mass is 444 g/mol. The third kappa shape index (κ3) is 4.34. The van der Waals surface area contributed by atoms with Gasteiger partial charge in [-0.3, -0.25) is 4.79 Å². The number of amides is 1. The standard InChI is InChI=1S/C22H21ClN2O4S/c23-20-9-8-18(30(27,28)25-10-12-29-13-11-25)15-21(20)24-22(26)14-17-6-3-5-16-4-1-2-7-19(16)17/h1-9,15H,10-14H2,(H,24,26). The first-order valence-electron chi connectivity index (χ1n) is 9.59. The molecule has 1 aliphatic rings. The van der Waals surface area contributed by atoms with Gasteiger partial charge in [0, 0.05) is 13.1 Å². The SMILES string of the molecule is O=C(Cc1cccc2ccccc12)Nc1cc(S(=O)(=O)N2CCOCC2)ccc1Cl. The second-order valence-corrected chi connectivity index (χ2v) is 9.37. The van der Waals surface area contributed by atoms with E-state index < -0.39 is 10.0 Å². The fourth-order valence-corrected chi connectivity index (χ4v) is 5.11. The van der Waals surface area contributed by atoms with Crippen LogP contribution in [-0.4, -0.2) is 44.9 Å². The molecule has 0 aliphatic carbocycles. The molecule has 6 nitrogen and oxygen atoms in total. The van der Waals surface area contributed by atoms with Crippen LogP contribution in [0.4, 0.5) is 5.69 Å². The van der Waals surface area contributed by atoms with Gasteiger partial charge in [-0.05, 0) is 34.5 Å². The van der Waals surface area contributed by atoms with E-state index in [1.165, 1.54) is 22.5 Å². The van der Waals surface area contributed by atoms with Crippen LogP contribution < -0.4 is 5.32 Å². The number of sulfonamides is 1. The first-order chi connectivity index (χ1) is 14.4. The molecule has 0 radical (unpaired) electrons. The molecule has 30 heavy (non-hydrogen) atoms. The van der Waals surface area contributed by atoms with Crippen molar-refractivity contribution in [3.63, 3.8) is 0 Å². The van der Waals surface area contributed by atoms with Crippen LogP contribution in [0.2, 0.25) is 5.02 Å². The molecule has 1 amide bonds. The summed E-state index contributed by atoms with van der Waals surface area (Å²) in [6.07, 6.45) is 0.151. The van der Waals surface area contributed by atoms with Crippen molar-refractivity contribution in [1.82, 2.24) is 4.31 Å². The molecule has 0 spiro atoms. The van der Waals surface area contributed by atoms with E-state index in [-0.39, 0.29) is 27.9 Å². The van der Waals surface area contributed by atoms with Gasteiger partial charge in [0.15, 0.2) is 0 Å². The van der Waals surface area contributed by atoms with Crippen molar-refractivity contribution in [1.29, 1.82) is 0 Å². The summed E-state index contributed by atoms with van der Waals surface area (Å²) in [5.41, 5.74) is 1.16. The van der Waals surface area contributed by atoms with E-state index in [1.807, 2.05) is 42.5 Å². The lowest BCUT2D eigenvalue weighted by molar-refractivity contribution is -0.115. The number of halogens is 1. The Morgan fingerprint density at radius 3 is 2.57 bits per heavy atom. The predicted octanol–water partition coefficient (Wildman–Crippen LogP) is 3.70. The number of rotatable bonds is 5. The molecule has 1 N–H and O–H groups in total. The van der Waals surface area contributed by atoms with Gasteiger partial charge in [-0.2, -0.15) is 4.31 Å². The Morgan fingerprint density at radius 1 is 1.03 bits per heavy atom. The van der Waals surface area contributed by atoms with E-state index >= 15 is 0 Å². The molecule has 4 rings (SSSR count). The number of morpholine rings is 1. The maximum atomic E-state index is 12.9. The Hall–Kier alpha value is -2.45. The number of fused-ring (bicyclic) bond motifs is 1. The van der Waals surface area contributed by atoms with E-state index in [2.05, 4.69) is 5.32 Å². The molecule has 8 heteroatoms. The Kier molecular flexibility index (Phi) is 6.06. The molecule has 1 fully saturated rings. The van der Waals surface area contributed by atoms with Crippen molar-refractivity contribution in [2.24, 2.45) is 0 Å². The number of hydrogen-bond donors (Lipinski definition) is 1. The normalized spacial score (nSPS) is 15.2. The summed E-state index contributed by atoms with van der Waals surface area (Å²) in [7, 11) is -3.68. The van der Waals surface area contributed by atoms with E-state index in [4.69, 9.17) is 16.3 Å². The number of nitrogens with one attached hydrogen (secondary N) is 1. The molecule has 3 aromatic carbocycles. The predicted molar refractivity (Wildman–Crippen MR) is 117 cm³/mol. The highest BCUT2D eigenvalue weighted by molar-refractivity contribution is 7.89. The maximum Gasteiger partial charge on any atom is 0.243 e. The summed E-state index contributed by atoms with van der Waals surface area (Å²) < 4.78 is 32.4. The van der Waals surface area contributed by atoms with Crippen LogP contribution in [0.25, 0.3) is 10.8 Å². The van der Waals surface area contributed by atoms with Crippen LogP contribution in [0.3, 0.4) is 0 Å².